The van der Waals surface area contributed by atoms with Gasteiger partial charge in [-0.15, -0.1) is 0 Å². The number of furan rings is 1. The molecule has 0 amide bonds. The van der Waals surface area contributed by atoms with Gasteiger partial charge in [-0.25, -0.2) is 0 Å². The van der Waals surface area contributed by atoms with Gasteiger partial charge in [0.05, 0.1) is 6.26 Å². The van der Waals surface area contributed by atoms with Gasteiger partial charge in [0.2, 0.25) is 0 Å². The summed E-state index contributed by atoms with van der Waals surface area (Å²) >= 11 is 0.592. The Morgan fingerprint density at radius 1 is 1.00 bits per heavy atom. The highest BCUT2D eigenvalue weighted by molar-refractivity contribution is 7.64. The molecule has 0 saturated carbocycles. The van der Waals surface area contributed by atoms with Crippen LogP contribution in [0, 0.1) is 0 Å². The lowest BCUT2D eigenvalue weighted by molar-refractivity contribution is 0.604. The monoisotopic (exact) mass is 255 g/mol. The van der Waals surface area contributed by atoms with Crippen molar-refractivity contribution in [2.24, 2.45) is 0 Å². The first kappa shape index (κ1) is 11.1. The molecule has 0 spiro atoms. The minimum Gasteiger partial charge on any atom is -0.464 e. The third-order valence-electron chi connectivity index (χ3n) is 2.97. The van der Waals surface area contributed by atoms with Gasteiger partial charge >= 0.3 is 11.7 Å². The fourth-order valence-electron chi connectivity index (χ4n) is 2.07. The summed E-state index contributed by atoms with van der Waals surface area (Å²) in [5.74, 6) is 0.505. The fourth-order valence-corrected chi connectivity index (χ4v) is 2.40. The molecule has 0 unspecified atom stereocenters. The highest BCUT2D eigenvalue weighted by Crippen LogP contribution is 2.29. The smallest absolute Gasteiger partial charge is 0.463 e. The minimum absolute atomic E-state index is 0.505. The van der Waals surface area contributed by atoms with Crippen LogP contribution in [-0.2, 0) is 21.6 Å². The normalized spacial score (nSPS) is 10.7. The first-order valence-electron chi connectivity index (χ1n) is 5.69. The summed E-state index contributed by atoms with van der Waals surface area (Å²) in [5, 5.41) is 1.10. The third kappa shape index (κ3) is 1.93. The summed E-state index contributed by atoms with van der Waals surface area (Å²) in [6.07, 6.45) is 1.70. The van der Waals surface area contributed by atoms with Crippen LogP contribution in [0.2, 0.25) is 0 Å². The standard InChI is InChI=1S/C15H11O2S/c16-18-10-11-4-6-12(7-5-11)14-3-1-2-13-8-9-17-15(13)14/h1-9H,10H2/q+1. The summed E-state index contributed by atoms with van der Waals surface area (Å²) in [7, 11) is 0. The molecular formula is C15H11O2S+. The van der Waals surface area contributed by atoms with E-state index in [0.717, 1.165) is 27.7 Å². The van der Waals surface area contributed by atoms with E-state index >= 15 is 0 Å². The van der Waals surface area contributed by atoms with Crippen molar-refractivity contribution in [3.8, 4) is 11.1 Å². The number of benzene rings is 2. The second-order valence-electron chi connectivity index (χ2n) is 4.10. The van der Waals surface area contributed by atoms with E-state index in [-0.39, 0.29) is 0 Å². The lowest BCUT2D eigenvalue weighted by Crippen LogP contribution is -1.83. The lowest BCUT2D eigenvalue weighted by atomic mass is 10.0. The zero-order chi connectivity index (χ0) is 12.4. The van der Waals surface area contributed by atoms with E-state index < -0.39 is 0 Å². The topological polar surface area (TPSA) is 30.2 Å². The van der Waals surface area contributed by atoms with Crippen molar-refractivity contribution >= 4 is 22.6 Å². The first-order chi connectivity index (χ1) is 8.88. The maximum Gasteiger partial charge on any atom is 0.463 e. The zero-order valence-electron chi connectivity index (χ0n) is 9.63. The van der Waals surface area contributed by atoms with Gasteiger partial charge in [-0.1, -0.05) is 42.5 Å². The second kappa shape index (κ2) is 4.70. The number of hydrogen-bond acceptors (Lipinski definition) is 2. The van der Waals surface area contributed by atoms with Crippen molar-refractivity contribution in [3.05, 3.63) is 60.4 Å². The lowest BCUT2D eigenvalue weighted by Gasteiger charge is -2.02. The summed E-state index contributed by atoms with van der Waals surface area (Å²) in [5.41, 5.74) is 4.14. The molecular weight excluding hydrogens is 244 g/mol. The Morgan fingerprint density at radius 3 is 2.61 bits per heavy atom. The van der Waals surface area contributed by atoms with E-state index in [4.69, 9.17) is 4.42 Å². The predicted octanol–water partition coefficient (Wildman–Crippen LogP) is 4.03. The molecule has 18 heavy (non-hydrogen) atoms. The maximum absolute atomic E-state index is 10.5. The van der Waals surface area contributed by atoms with E-state index in [2.05, 4.69) is 0 Å². The second-order valence-corrected chi connectivity index (χ2v) is 4.63. The number of hydrogen-bond donors (Lipinski definition) is 0. The van der Waals surface area contributed by atoms with Crippen molar-refractivity contribution in [1.29, 1.82) is 0 Å². The fraction of sp³-hybridized carbons (Fsp3) is 0.0667. The van der Waals surface area contributed by atoms with Crippen LogP contribution in [0.5, 0.6) is 0 Å². The van der Waals surface area contributed by atoms with Crippen LogP contribution in [0.15, 0.2) is 59.2 Å². The molecule has 0 saturated heterocycles. The van der Waals surface area contributed by atoms with Gasteiger partial charge in [-0.05, 0) is 11.6 Å². The summed E-state index contributed by atoms with van der Waals surface area (Å²) in [6.45, 7) is 0. The Labute approximate surface area is 109 Å². The number of fused-ring (bicyclic) bond motifs is 1. The van der Waals surface area contributed by atoms with Crippen LogP contribution in [0.25, 0.3) is 22.1 Å². The highest BCUT2D eigenvalue weighted by Gasteiger charge is 2.07. The van der Waals surface area contributed by atoms with Gasteiger partial charge in [0.15, 0.2) is 0 Å². The van der Waals surface area contributed by atoms with Gasteiger partial charge in [-0.3, -0.25) is 0 Å². The van der Waals surface area contributed by atoms with Gasteiger partial charge in [0.25, 0.3) is 5.75 Å². The van der Waals surface area contributed by atoms with E-state index in [0.29, 0.717) is 17.4 Å². The van der Waals surface area contributed by atoms with E-state index in [9.17, 15) is 4.21 Å². The molecule has 88 valence electrons. The molecule has 3 aromatic rings. The molecule has 0 fully saturated rings. The Hall–Kier alpha value is -2.00. The average molecular weight is 255 g/mol. The van der Waals surface area contributed by atoms with Crippen molar-refractivity contribution in [2.45, 2.75) is 5.75 Å². The molecule has 1 aromatic heterocycles. The van der Waals surface area contributed by atoms with Crippen molar-refractivity contribution in [3.63, 3.8) is 0 Å². The molecule has 1 heterocycles. The zero-order valence-corrected chi connectivity index (χ0v) is 10.4. The molecule has 0 aliphatic carbocycles. The SMILES string of the molecule is O=[S+]Cc1ccc(-c2cccc3ccoc23)cc1. The summed E-state index contributed by atoms with van der Waals surface area (Å²) in [4.78, 5) is 0. The number of para-hydroxylation sites is 1. The summed E-state index contributed by atoms with van der Waals surface area (Å²) in [6, 6.07) is 16.1. The highest BCUT2D eigenvalue weighted by atomic mass is 32.1. The molecule has 2 aromatic carbocycles. The first-order valence-corrected chi connectivity index (χ1v) is 6.60. The van der Waals surface area contributed by atoms with Gasteiger partial charge in [0.1, 0.15) is 5.58 Å². The quantitative estimate of drug-likeness (QED) is 0.661. The molecule has 3 heteroatoms. The van der Waals surface area contributed by atoms with Crippen LogP contribution in [-0.4, -0.2) is 0 Å². The average Bonchev–Trinajstić information content (AvgIpc) is 2.88. The molecule has 0 radical (unpaired) electrons. The Bertz CT molecular complexity index is 683. The minimum atomic E-state index is 0.505. The van der Waals surface area contributed by atoms with E-state index in [1.54, 1.807) is 6.26 Å². The summed E-state index contributed by atoms with van der Waals surface area (Å²) < 4.78 is 16.0. The molecule has 0 atom stereocenters. The maximum atomic E-state index is 10.5. The number of rotatable bonds is 3. The third-order valence-corrected chi connectivity index (χ3v) is 3.42. The molecule has 0 aliphatic heterocycles. The van der Waals surface area contributed by atoms with Gasteiger partial charge in [-0.2, -0.15) is 0 Å². The van der Waals surface area contributed by atoms with Crippen molar-refractivity contribution in [1.82, 2.24) is 0 Å². The van der Waals surface area contributed by atoms with Gasteiger partial charge < -0.3 is 4.42 Å². The van der Waals surface area contributed by atoms with Gasteiger partial charge in [0, 0.05) is 20.7 Å². The van der Waals surface area contributed by atoms with Crippen LogP contribution < -0.4 is 0 Å². The van der Waals surface area contributed by atoms with Crippen LogP contribution in [0.4, 0.5) is 0 Å². The van der Waals surface area contributed by atoms with Crippen molar-refractivity contribution < 1.29 is 8.63 Å². The van der Waals surface area contributed by atoms with E-state index in [1.165, 1.54) is 0 Å². The Kier molecular flexibility index (Phi) is 2.90. The van der Waals surface area contributed by atoms with Crippen molar-refractivity contribution in [2.75, 3.05) is 0 Å². The van der Waals surface area contributed by atoms with Crippen LogP contribution >= 0.6 is 0 Å². The largest absolute Gasteiger partial charge is 0.464 e. The molecule has 2 nitrogen and oxygen atoms in total. The molecule has 0 N–H and O–H groups in total. The van der Waals surface area contributed by atoms with E-state index in [1.807, 2.05) is 48.5 Å². The Morgan fingerprint density at radius 2 is 1.83 bits per heavy atom. The van der Waals surface area contributed by atoms with Crippen LogP contribution in [0.1, 0.15) is 5.56 Å². The molecule has 3 rings (SSSR count). The predicted molar refractivity (Wildman–Crippen MR) is 73.4 cm³/mol. The molecule has 0 bridgehead atoms. The molecule has 0 aliphatic rings. The van der Waals surface area contributed by atoms with Crippen LogP contribution in [0.3, 0.4) is 0 Å². The Balaban J connectivity index is 2.08.